The van der Waals surface area contributed by atoms with Gasteiger partial charge < -0.3 is 14.7 Å². The molecule has 0 aromatic heterocycles. The number of carboxylic acid groups (broad SMARTS) is 1. The average Bonchev–Trinajstić information content (AvgIpc) is 2.12. The summed E-state index contributed by atoms with van der Waals surface area (Å²) in [6.45, 7) is 1.80. The van der Waals surface area contributed by atoms with E-state index in [1.165, 1.54) is 21.1 Å². The van der Waals surface area contributed by atoms with Crippen molar-refractivity contribution in [3.8, 4) is 0 Å². The second-order valence-electron chi connectivity index (χ2n) is 3.04. The lowest BCUT2D eigenvalue weighted by Gasteiger charge is -2.31. The fraction of sp³-hybridized carbons (Fsp3) is 0.750. The van der Waals surface area contributed by atoms with Crippen LogP contribution in [0.25, 0.3) is 0 Å². The number of likely N-dealkylation sites (N-methyl/N-ethyl adjacent to an activating group) is 1. The minimum atomic E-state index is -1.18. The topological polar surface area (TPSA) is 66.8 Å². The fourth-order valence-electron chi connectivity index (χ4n) is 0.851. The van der Waals surface area contributed by atoms with E-state index in [4.69, 9.17) is 9.84 Å². The van der Waals surface area contributed by atoms with Gasteiger partial charge in [0.2, 0.25) is 6.41 Å². The molecule has 0 aromatic carbocycles. The lowest BCUT2D eigenvalue weighted by atomic mass is 9.97. The molecule has 0 saturated heterocycles. The maximum Gasteiger partial charge on any atom is 0.329 e. The number of rotatable bonds is 6. The van der Waals surface area contributed by atoms with Gasteiger partial charge in [0.1, 0.15) is 5.54 Å². The maximum atomic E-state index is 10.9. The molecular formula is C8H15NO4. The van der Waals surface area contributed by atoms with Gasteiger partial charge in [-0.2, -0.15) is 0 Å². The van der Waals surface area contributed by atoms with E-state index < -0.39 is 11.5 Å². The van der Waals surface area contributed by atoms with Crippen molar-refractivity contribution in [2.24, 2.45) is 0 Å². The first-order valence-electron chi connectivity index (χ1n) is 3.89. The van der Waals surface area contributed by atoms with Gasteiger partial charge in [0.25, 0.3) is 0 Å². The SMILES string of the molecule is COCCC(C)(C(=O)O)N(C)C=O. The van der Waals surface area contributed by atoms with Crippen molar-refractivity contribution in [1.29, 1.82) is 0 Å². The summed E-state index contributed by atoms with van der Waals surface area (Å²) < 4.78 is 4.78. The zero-order valence-corrected chi connectivity index (χ0v) is 8.11. The van der Waals surface area contributed by atoms with Crippen LogP contribution in [-0.4, -0.2) is 48.7 Å². The number of amides is 1. The summed E-state index contributed by atoms with van der Waals surface area (Å²) in [6, 6.07) is 0. The molecule has 0 bridgehead atoms. The molecule has 0 aliphatic rings. The van der Waals surface area contributed by atoms with Crippen LogP contribution in [0.4, 0.5) is 0 Å². The Bertz CT molecular complexity index is 195. The first-order valence-corrected chi connectivity index (χ1v) is 3.89. The van der Waals surface area contributed by atoms with Gasteiger partial charge in [-0.3, -0.25) is 4.79 Å². The maximum absolute atomic E-state index is 10.9. The summed E-state index contributed by atoms with van der Waals surface area (Å²) in [5.74, 6) is -1.03. The molecule has 5 heteroatoms. The van der Waals surface area contributed by atoms with Crippen LogP contribution < -0.4 is 0 Å². The summed E-state index contributed by atoms with van der Waals surface area (Å²) in [7, 11) is 2.93. The monoisotopic (exact) mass is 189 g/mol. The minimum Gasteiger partial charge on any atom is -0.480 e. The van der Waals surface area contributed by atoms with Crippen LogP contribution >= 0.6 is 0 Å². The predicted molar refractivity (Wildman–Crippen MR) is 46.4 cm³/mol. The first kappa shape index (κ1) is 11.9. The summed E-state index contributed by atoms with van der Waals surface area (Å²) in [5, 5.41) is 8.90. The second kappa shape index (κ2) is 4.81. The molecule has 0 aliphatic heterocycles. The first-order chi connectivity index (χ1) is 5.99. The lowest BCUT2D eigenvalue weighted by molar-refractivity contribution is -0.153. The molecule has 0 rings (SSSR count). The fourth-order valence-corrected chi connectivity index (χ4v) is 0.851. The van der Waals surface area contributed by atoms with Crippen molar-refractivity contribution in [1.82, 2.24) is 4.90 Å². The number of carboxylic acids is 1. The van der Waals surface area contributed by atoms with Crippen LogP contribution in [0, 0.1) is 0 Å². The predicted octanol–water partition coefficient (Wildman–Crippen LogP) is -0.0456. The third-order valence-electron chi connectivity index (χ3n) is 2.19. The minimum absolute atomic E-state index is 0.272. The summed E-state index contributed by atoms with van der Waals surface area (Å²) in [5.41, 5.74) is -1.18. The summed E-state index contributed by atoms with van der Waals surface area (Å²) >= 11 is 0. The molecule has 76 valence electrons. The van der Waals surface area contributed by atoms with Gasteiger partial charge >= 0.3 is 5.97 Å². The molecular weight excluding hydrogens is 174 g/mol. The molecule has 0 saturated carbocycles. The number of carbonyl (C=O) groups is 2. The van der Waals surface area contributed by atoms with E-state index >= 15 is 0 Å². The van der Waals surface area contributed by atoms with E-state index in [0.29, 0.717) is 13.0 Å². The highest BCUT2D eigenvalue weighted by Gasteiger charge is 2.36. The Morgan fingerprint density at radius 2 is 2.23 bits per heavy atom. The van der Waals surface area contributed by atoms with Crippen molar-refractivity contribution in [3.05, 3.63) is 0 Å². The highest BCUT2D eigenvalue weighted by atomic mass is 16.5. The van der Waals surface area contributed by atoms with Crippen molar-refractivity contribution >= 4 is 12.4 Å². The van der Waals surface area contributed by atoms with Gasteiger partial charge in [0, 0.05) is 27.2 Å². The zero-order chi connectivity index (χ0) is 10.5. The van der Waals surface area contributed by atoms with Crippen molar-refractivity contribution in [2.75, 3.05) is 20.8 Å². The third-order valence-corrected chi connectivity index (χ3v) is 2.19. The number of ether oxygens (including phenoxy) is 1. The van der Waals surface area contributed by atoms with Crippen LogP contribution in [0.2, 0.25) is 0 Å². The Morgan fingerprint density at radius 3 is 2.54 bits per heavy atom. The largest absolute Gasteiger partial charge is 0.480 e. The smallest absolute Gasteiger partial charge is 0.329 e. The second-order valence-corrected chi connectivity index (χ2v) is 3.04. The summed E-state index contributed by atoms with van der Waals surface area (Å²) in [4.78, 5) is 22.4. The molecule has 1 unspecified atom stereocenters. The summed E-state index contributed by atoms with van der Waals surface area (Å²) in [6.07, 6.45) is 0.776. The number of hydrogen-bond donors (Lipinski definition) is 1. The highest BCUT2D eigenvalue weighted by molar-refractivity contribution is 5.80. The number of methoxy groups -OCH3 is 1. The van der Waals surface area contributed by atoms with Crippen molar-refractivity contribution < 1.29 is 19.4 Å². The van der Waals surface area contributed by atoms with Gasteiger partial charge in [0.15, 0.2) is 0 Å². The van der Waals surface area contributed by atoms with Gasteiger partial charge in [-0.05, 0) is 6.92 Å². The molecule has 0 spiro atoms. The Kier molecular flexibility index (Phi) is 4.40. The molecule has 1 atom stereocenters. The quantitative estimate of drug-likeness (QED) is 0.595. The molecule has 0 radical (unpaired) electrons. The lowest BCUT2D eigenvalue weighted by Crippen LogP contribution is -2.50. The number of nitrogens with zero attached hydrogens (tertiary/aromatic N) is 1. The van der Waals surface area contributed by atoms with Crippen LogP contribution in [0.5, 0.6) is 0 Å². The Hall–Kier alpha value is -1.10. The number of aliphatic carboxylic acids is 1. The number of carbonyl (C=O) groups excluding carboxylic acids is 1. The molecule has 0 aliphatic carbocycles. The van der Waals surface area contributed by atoms with Crippen LogP contribution in [0.3, 0.4) is 0 Å². The molecule has 13 heavy (non-hydrogen) atoms. The molecule has 0 aromatic rings. The van der Waals surface area contributed by atoms with Gasteiger partial charge in [-0.1, -0.05) is 0 Å². The molecule has 0 fully saturated rings. The van der Waals surface area contributed by atoms with Crippen LogP contribution in [0.15, 0.2) is 0 Å². The Labute approximate surface area is 77.3 Å². The Balaban J connectivity index is 4.51. The van der Waals surface area contributed by atoms with Gasteiger partial charge in [-0.15, -0.1) is 0 Å². The normalized spacial score (nSPS) is 14.7. The Morgan fingerprint density at radius 1 is 1.69 bits per heavy atom. The van der Waals surface area contributed by atoms with E-state index in [-0.39, 0.29) is 6.42 Å². The van der Waals surface area contributed by atoms with Gasteiger partial charge in [-0.25, -0.2) is 4.79 Å². The van der Waals surface area contributed by atoms with E-state index in [1.807, 2.05) is 0 Å². The standard InChI is InChI=1S/C8H15NO4/c1-8(7(11)12,4-5-13-3)9(2)6-10/h6H,4-5H2,1-3H3,(H,11,12). The molecule has 5 nitrogen and oxygen atoms in total. The van der Waals surface area contributed by atoms with E-state index in [1.54, 1.807) is 0 Å². The highest BCUT2D eigenvalue weighted by Crippen LogP contribution is 2.16. The average molecular weight is 189 g/mol. The van der Waals surface area contributed by atoms with E-state index in [9.17, 15) is 9.59 Å². The zero-order valence-electron chi connectivity index (χ0n) is 8.11. The van der Waals surface area contributed by atoms with Gasteiger partial charge in [0.05, 0.1) is 0 Å². The van der Waals surface area contributed by atoms with E-state index in [0.717, 1.165) is 4.90 Å². The molecule has 1 amide bonds. The van der Waals surface area contributed by atoms with E-state index in [2.05, 4.69) is 0 Å². The van der Waals surface area contributed by atoms with Crippen LogP contribution in [-0.2, 0) is 14.3 Å². The van der Waals surface area contributed by atoms with Crippen molar-refractivity contribution in [2.45, 2.75) is 18.9 Å². The number of hydrogen-bond acceptors (Lipinski definition) is 3. The molecule has 1 N–H and O–H groups in total. The van der Waals surface area contributed by atoms with Crippen molar-refractivity contribution in [3.63, 3.8) is 0 Å². The third kappa shape index (κ3) is 2.69. The molecule has 0 heterocycles. The van der Waals surface area contributed by atoms with Crippen LogP contribution in [0.1, 0.15) is 13.3 Å².